The number of halogens is 5. The van der Waals surface area contributed by atoms with Gasteiger partial charge in [0.15, 0.2) is 21.4 Å². The summed E-state index contributed by atoms with van der Waals surface area (Å²) in [6.07, 6.45) is -4.80. The molecule has 0 spiro atoms. The summed E-state index contributed by atoms with van der Waals surface area (Å²) in [5.74, 6) is -4.33. The van der Waals surface area contributed by atoms with E-state index in [9.17, 15) is 39.5 Å². The average Bonchev–Trinajstić information content (AvgIpc) is 2.88. The molecule has 3 aliphatic rings. The summed E-state index contributed by atoms with van der Waals surface area (Å²) < 4.78 is 131. The van der Waals surface area contributed by atoms with E-state index < -0.39 is 87.3 Å². The van der Waals surface area contributed by atoms with E-state index in [1.807, 2.05) is 0 Å². The summed E-state index contributed by atoms with van der Waals surface area (Å²) in [5, 5.41) is 8.27. The van der Waals surface area contributed by atoms with Gasteiger partial charge in [-0.25, -0.2) is 30.3 Å². The number of hydrogen-bond acceptors (Lipinski definition) is 6. The maximum atomic E-state index is 15.5. The fraction of sp³-hybridized carbons (Fsp3) is 0.538. The van der Waals surface area contributed by atoms with Crippen LogP contribution in [0.5, 0.6) is 5.75 Å². The fourth-order valence-electron chi connectivity index (χ4n) is 6.51. The Labute approximate surface area is 229 Å². The molecule has 2 fully saturated rings. The van der Waals surface area contributed by atoms with Crippen LogP contribution in [0, 0.1) is 23.5 Å². The van der Waals surface area contributed by atoms with Crippen molar-refractivity contribution in [3.63, 3.8) is 0 Å². The highest BCUT2D eigenvalue weighted by molar-refractivity contribution is 7.92. The van der Waals surface area contributed by atoms with Gasteiger partial charge in [-0.05, 0) is 74.4 Å². The monoisotopic (exact) mass is 611 g/mol. The first-order chi connectivity index (χ1) is 18.2. The van der Waals surface area contributed by atoms with Crippen molar-refractivity contribution in [1.82, 2.24) is 4.72 Å². The lowest BCUT2D eigenvalue weighted by molar-refractivity contribution is -0.137. The van der Waals surface area contributed by atoms with Gasteiger partial charge in [0.1, 0.15) is 10.6 Å². The van der Waals surface area contributed by atoms with Crippen molar-refractivity contribution < 1.29 is 48.6 Å². The molecule has 5 rings (SSSR count). The molecule has 5 atom stereocenters. The maximum absolute atomic E-state index is 15.5. The molecule has 222 valence electrons. The third-order valence-electron chi connectivity index (χ3n) is 8.29. The number of alkyl halides is 3. The molecule has 1 saturated heterocycles. The van der Waals surface area contributed by atoms with Gasteiger partial charge in [0.2, 0.25) is 10.0 Å². The number of benzene rings is 2. The second kappa shape index (κ2) is 10.5. The molecule has 7 nitrogen and oxygen atoms in total. The normalized spacial score (nSPS) is 29.2. The third-order valence-corrected chi connectivity index (χ3v) is 12.8. The number of nitrogens with one attached hydrogen (secondary N) is 1. The van der Waals surface area contributed by atoms with Crippen LogP contribution in [0.3, 0.4) is 0 Å². The largest absolute Gasteiger partial charge is 0.490 e. The summed E-state index contributed by atoms with van der Waals surface area (Å²) in [6.45, 7) is -0.625. The lowest BCUT2D eigenvalue weighted by Gasteiger charge is -2.54. The molecule has 0 amide bonds. The number of hydrogen-bond donors (Lipinski definition) is 2. The smallest absolute Gasteiger partial charge is 0.416 e. The van der Waals surface area contributed by atoms with Gasteiger partial charge < -0.3 is 9.84 Å². The molecule has 0 bridgehead atoms. The van der Waals surface area contributed by atoms with Crippen LogP contribution in [0.4, 0.5) is 22.0 Å². The third kappa shape index (κ3) is 4.70. The van der Waals surface area contributed by atoms with Gasteiger partial charge in [-0.1, -0.05) is 7.43 Å². The summed E-state index contributed by atoms with van der Waals surface area (Å²) >= 11 is 0. The van der Waals surface area contributed by atoms with E-state index in [2.05, 4.69) is 4.72 Å². The number of aliphatic hydroxyl groups is 1. The standard InChI is InChI=1S/C25H26F5NO6S2.CH4/c26-19-7-8-20(27)23-22(19)24(38(33,34)15-5-3-14(4-6-15)25(28,29)30)10-9-21-17(18(24)13-37-23)12-16(2-1-11-32)39(35,36)31-21;/h3-8,16-18,21,31-32H,1-2,9-13H2;1H4/t16-,17+,18+,21-,24+;/m1./s1. The molecule has 1 aliphatic carbocycles. The van der Waals surface area contributed by atoms with Gasteiger partial charge in [-0.3, -0.25) is 0 Å². The van der Waals surface area contributed by atoms with E-state index in [1.165, 1.54) is 0 Å². The zero-order valence-corrected chi connectivity index (χ0v) is 22.1. The highest BCUT2D eigenvalue weighted by atomic mass is 32.2. The molecule has 2 N–H and O–H groups in total. The van der Waals surface area contributed by atoms with E-state index in [-0.39, 0.29) is 52.7 Å². The molecule has 2 heterocycles. The molecular formula is C26H30F5NO6S2. The Bertz CT molecular complexity index is 1480. The summed E-state index contributed by atoms with van der Waals surface area (Å²) in [5.41, 5.74) is -1.60. The Hall–Kier alpha value is -2.29. The average molecular weight is 612 g/mol. The van der Waals surface area contributed by atoms with Crippen LogP contribution in [0.25, 0.3) is 0 Å². The molecule has 2 aromatic carbocycles. The molecule has 40 heavy (non-hydrogen) atoms. The van der Waals surface area contributed by atoms with Crippen molar-refractivity contribution in [3.8, 4) is 5.75 Å². The fourth-order valence-corrected chi connectivity index (χ4v) is 10.8. The predicted molar refractivity (Wildman–Crippen MR) is 136 cm³/mol. The van der Waals surface area contributed by atoms with Crippen molar-refractivity contribution >= 4 is 19.9 Å². The van der Waals surface area contributed by atoms with E-state index in [1.54, 1.807) is 0 Å². The van der Waals surface area contributed by atoms with Gasteiger partial charge in [-0.2, -0.15) is 13.2 Å². The van der Waals surface area contributed by atoms with E-state index in [4.69, 9.17) is 4.74 Å². The first-order valence-corrected chi connectivity index (χ1v) is 15.4. The van der Waals surface area contributed by atoms with Crippen LogP contribution in [-0.2, 0) is 30.8 Å². The van der Waals surface area contributed by atoms with Crippen LogP contribution in [0.2, 0.25) is 0 Å². The predicted octanol–water partition coefficient (Wildman–Crippen LogP) is 4.54. The Kier molecular flexibility index (Phi) is 8.06. The van der Waals surface area contributed by atoms with E-state index in [0.29, 0.717) is 12.1 Å². The number of aliphatic hydroxyl groups excluding tert-OH is 1. The molecule has 0 aromatic heterocycles. The molecule has 2 aromatic rings. The van der Waals surface area contributed by atoms with Crippen molar-refractivity contribution in [2.24, 2.45) is 11.8 Å². The Morgan fingerprint density at radius 3 is 2.35 bits per heavy atom. The van der Waals surface area contributed by atoms with Crippen molar-refractivity contribution in [1.29, 1.82) is 0 Å². The molecule has 0 unspecified atom stereocenters. The lowest BCUT2D eigenvalue weighted by Crippen LogP contribution is -2.63. The van der Waals surface area contributed by atoms with Crippen LogP contribution < -0.4 is 9.46 Å². The Morgan fingerprint density at radius 2 is 1.73 bits per heavy atom. The second-order valence-corrected chi connectivity index (χ2v) is 14.5. The molecule has 1 saturated carbocycles. The zero-order chi connectivity index (χ0) is 28.4. The van der Waals surface area contributed by atoms with E-state index >= 15 is 4.39 Å². The zero-order valence-electron chi connectivity index (χ0n) is 20.4. The highest BCUT2D eigenvalue weighted by Crippen LogP contribution is 2.59. The highest BCUT2D eigenvalue weighted by Gasteiger charge is 2.64. The minimum absolute atomic E-state index is 0. The first kappa shape index (κ1) is 30.7. The second-order valence-electron chi connectivity index (χ2n) is 10.3. The number of rotatable bonds is 5. The lowest BCUT2D eigenvalue weighted by atomic mass is 9.64. The Morgan fingerprint density at radius 1 is 1.07 bits per heavy atom. The number of sulfone groups is 1. The molecule has 2 aliphatic heterocycles. The minimum atomic E-state index is -4.72. The summed E-state index contributed by atoms with van der Waals surface area (Å²) in [7, 11) is -8.48. The minimum Gasteiger partial charge on any atom is -0.490 e. The first-order valence-electron chi connectivity index (χ1n) is 12.4. The number of fused-ring (bicyclic) bond motifs is 5. The van der Waals surface area contributed by atoms with Crippen molar-refractivity contribution in [2.45, 2.75) is 66.6 Å². The van der Waals surface area contributed by atoms with Crippen molar-refractivity contribution in [2.75, 3.05) is 13.2 Å². The number of sulfonamides is 1. The van der Waals surface area contributed by atoms with Gasteiger partial charge in [-0.15, -0.1) is 0 Å². The molecule has 14 heteroatoms. The number of ether oxygens (including phenoxy) is 1. The SMILES string of the molecule is C.O=S1(=O)N[C@@H]2CC[C@@]3(S(=O)(=O)c4ccc(C(F)(F)F)cc4)c4c(F)ccc(F)c4OC[C@H]3[C@@H]2C[C@H]1CCCO. The topological polar surface area (TPSA) is 110 Å². The summed E-state index contributed by atoms with van der Waals surface area (Å²) in [6, 6.07) is 3.72. The van der Waals surface area contributed by atoms with Crippen LogP contribution >= 0.6 is 0 Å². The molecule has 0 radical (unpaired) electrons. The quantitative estimate of drug-likeness (QED) is 0.481. The van der Waals surface area contributed by atoms with Gasteiger partial charge in [0.05, 0.1) is 27.9 Å². The van der Waals surface area contributed by atoms with Gasteiger partial charge >= 0.3 is 6.18 Å². The van der Waals surface area contributed by atoms with Crippen molar-refractivity contribution in [3.05, 3.63) is 59.2 Å². The van der Waals surface area contributed by atoms with Crippen LogP contribution in [-0.4, -0.2) is 46.4 Å². The van der Waals surface area contributed by atoms with Crippen LogP contribution in [0.1, 0.15) is 50.7 Å². The summed E-state index contributed by atoms with van der Waals surface area (Å²) in [4.78, 5) is -0.497. The maximum Gasteiger partial charge on any atom is 0.416 e. The van der Waals surface area contributed by atoms with Gasteiger partial charge in [0, 0.05) is 18.6 Å². The van der Waals surface area contributed by atoms with Crippen LogP contribution in [0.15, 0.2) is 41.3 Å². The van der Waals surface area contributed by atoms with Gasteiger partial charge in [0.25, 0.3) is 0 Å². The Balaban J connectivity index is 0.00000370. The molecular weight excluding hydrogens is 581 g/mol. The van der Waals surface area contributed by atoms with E-state index in [0.717, 1.165) is 24.3 Å².